The number of benzene rings is 1. The maximum Gasteiger partial charge on any atom is 0.272 e. The van der Waals surface area contributed by atoms with Crippen molar-refractivity contribution in [1.29, 1.82) is 0 Å². The van der Waals surface area contributed by atoms with Crippen LogP contribution in [-0.4, -0.2) is 29.3 Å². The molecule has 0 bridgehead atoms. The lowest BCUT2D eigenvalue weighted by Gasteiger charge is -2.05. The van der Waals surface area contributed by atoms with E-state index in [0.29, 0.717) is 21.3 Å². The fraction of sp³-hybridized carbons (Fsp3) is 0.0714. The quantitative estimate of drug-likeness (QED) is 0.655. The molecule has 2 N–H and O–H groups in total. The van der Waals surface area contributed by atoms with Crippen LogP contribution in [0.1, 0.15) is 15.9 Å². The Morgan fingerprint density at radius 2 is 2.29 bits per heavy atom. The standard InChI is InChI=1S/C14H12BrN3O3/c1-21-12-4-2-3-9(13(12)19)7-17-18-14(20)10-5-11(15)8-16-6-10/h2-8,19H,1H3,(H,18,20)/b17-7-. The Bertz CT molecular complexity index is 689. The lowest BCUT2D eigenvalue weighted by Crippen LogP contribution is -2.17. The average Bonchev–Trinajstić information content (AvgIpc) is 2.49. The van der Waals surface area contributed by atoms with Gasteiger partial charge in [0.15, 0.2) is 11.5 Å². The van der Waals surface area contributed by atoms with Crippen LogP contribution < -0.4 is 10.2 Å². The predicted octanol–water partition coefficient (Wildman–Crippen LogP) is 2.32. The van der Waals surface area contributed by atoms with Gasteiger partial charge in [-0.2, -0.15) is 5.10 Å². The Morgan fingerprint density at radius 3 is 3.00 bits per heavy atom. The first-order valence-electron chi connectivity index (χ1n) is 5.91. The van der Waals surface area contributed by atoms with Crippen LogP contribution in [0.5, 0.6) is 11.5 Å². The van der Waals surface area contributed by atoms with Gasteiger partial charge in [-0.25, -0.2) is 5.43 Å². The van der Waals surface area contributed by atoms with Gasteiger partial charge in [0.25, 0.3) is 5.91 Å². The number of carbonyl (C=O) groups is 1. The molecule has 1 amide bonds. The van der Waals surface area contributed by atoms with Gasteiger partial charge < -0.3 is 9.84 Å². The van der Waals surface area contributed by atoms with Crippen LogP contribution in [0.4, 0.5) is 0 Å². The maximum absolute atomic E-state index is 11.8. The second kappa shape index (κ2) is 6.85. The third-order valence-corrected chi connectivity index (χ3v) is 3.02. The average molecular weight is 350 g/mol. The number of phenolic OH excluding ortho intramolecular Hbond substituents is 1. The van der Waals surface area contributed by atoms with Crippen molar-refractivity contribution < 1.29 is 14.6 Å². The number of phenols is 1. The summed E-state index contributed by atoms with van der Waals surface area (Å²) in [6.07, 6.45) is 4.34. The summed E-state index contributed by atoms with van der Waals surface area (Å²) in [6, 6.07) is 6.60. The van der Waals surface area contributed by atoms with Crippen LogP contribution >= 0.6 is 15.9 Å². The summed E-state index contributed by atoms with van der Waals surface area (Å²) in [6.45, 7) is 0. The Hall–Kier alpha value is -2.41. The van der Waals surface area contributed by atoms with Crippen molar-refractivity contribution in [3.8, 4) is 11.5 Å². The number of aromatic nitrogens is 1. The molecule has 0 spiro atoms. The van der Waals surface area contributed by atoms with Gasteiger partial charge in [0.1, 0.15) is 0 Å². The van der Waals surface area contributed by atoms with Crippen molar-refractivity contribution in [3.05, 3.63) is 52.3 Å². The summed E-state index contributed by atoms with van der Waals surface area (Å²) in [4.78, 5) is 15.7. The normalized spacial score (nSPS) is 10.6. The first-order chi connectivity index (χ1) is 10.1. The van der Waals surface area contributed by atoms with E-state index < -0.39 is 5.91 Å². The molecule has 2 rings (SSSR count). The molecule has 0 radical (unpaired) electrons. The van der Waals surface area contributed by atoms with E-state index in [1.807, 2.05) is 0 Å². The molecule has 6 nitrogen and oxygen atoms in total. The second-order valence-corrected chi connectivity index (χ2v) is 4.90. The molecule has 1 heterocycles. The highest BCUT2D eigenvalue weighted by Gasteiger charge is 2.06. The highest BCUT2D eigenvalue weighted by atomic mass is 79.9. The Balaban J connectivity index is 2.07. The van der Waals surface area contributed by atoms with Gasteiger partial charge in [0.2, 0.25) is 0 Å². The number of pyridine rings is 1. The van der Waals surface area contributed by atoms with Gasteiger partial charge in [-0.15, -0.1) is 0 Å². The summed E-state index contributed by atoms with van der Waals surface area (Å²) >= 11 is 3.23. The van der Waals surface area contributed by atoms with E-state index in [-0.39, 0.29) is 5.75 Å². The Kier molecular flexibility index (Phi) is 4.89. The Labute approximate surface area is 129 Å². The summed E-state index contributed by atoms with van der Waals surface area (Å²) in [7, 11) is 1.46. The van der Waals surface area contributed by atoms with E-state index in [4.69, 9.17) is 4.74 Å². The largest absolute Gasteiger partial charge is 0.504 e. The molecule has 7 heteroatoms. The van der Waals surface area contributed by atoms with Crippen molar-refractivity contribution in [3.63, 3.8) is 0 Å². The zero-order chi connectivity index (χ0) is 15.2. The molecule has 0 fully saturated rings. The lowest BCUT2D eigenvalue weighted by atomic mass is 10.2. The minimum atomic E-state index is -0.401. The van der Waals surface area contributed by atoms with E-state index in [1.165, 1.54) is 19.5 Å². The molecule has 0 atom stereocenters. The van der Waals surface area contributed by atoms with Crippen LogP contribution in [0, 0.1) is 0 Å². The fourth-order valence-corrected chi connectivity index (χ4v) is 1.93. The summed E-state index contributed by atoms with van der Waals surface area (Å²) in [5.74, 6) is -0.106. The van der Waals surface area contributed by atoms with Crippen LogP contribution in [0.15, 0.2) is 46.2 Å². The molecule has 21 heavy (non-hydrogen) atoms. The molecule has 0 aliphatic carbocycles. The number of halogens is 1. The van der Waals surface area contributed by atoms with E-state index in [9.17, 15) is 9.90 Å². The van der Waals surface area contributed by atoms with E-state index in [1.54, 1.807) is 30.5 Å². The van der Waals surface area contributed by atoms with Gasteiger partial charge >= 0.3 is 0 Å². The lowest BCUT2D eigenvalue weighted by molar-refractivity contribution is 0.0954. The van der Waals surface area contributed by atoms with E-state index >= 15 is 0 Å². The van der Waals surface area contributed by atoms with E-state index in [2.05, 4.69) is 31.4 Å². The zero-order valence-corrected chi connectivity index (χ0v) is 12.7. The predicted molar refractivity (Wildman–Crippen MR) is 81.7 cm³/mol. The van der Waals surface area contributed by atoms with Crippen LogP contribution in [0.25, 0.3) is 0 Å². The fourth-order valence-electron chi connectivity index (χ4n) is 1.57. The molecule has 108 valence electrons. The van der Waals surface area contributed by atoms with Crippen molar-refractivity contribution in [2.45, 2.75) is 0 Å². The summed E-state index contributed by atoms with van der Waals surface area (Å²) in [5.41, 5.74) is 3.16. The minimum absolute atomic E-state index is 0.0397. The molecule has 1 aromatic heterocycles. The number of hydrogen-bond acceptors (Lipinski definition) is 5. The van der Waals surface area contributed by atoms with Gasteiger partial charge in [0.05, 0.1) is 18.9 Å². The summed E-state index contributed by atoms with van der Waals surface area (Å²) in [5, 5.41) is 13.7. The van der Waals surface area contributed by atoms with Crippen LogP contribution in [0.2, 0.25) is 0 Å². The molecule has 0 saturated carbocycles. The molecule has 0 saturated heterocycles. The number of aromatic hydroxyl groups is 1. The van der Waals surface area contributed by atoms with Gasteiger partial charge in [-0.05, 0) is 34.1 Å². The molecular weight excluding hydrogens is 338 g/mol. The SMILES string of the molecule is COc1cccc(/C=N\NC(=O)c2cncc(Br)c2)c1O. The number of ether oxygens (including phenoxy) is 1. The first-order valence-corrected chi connectivity index (χ1v) is 6.71. The topological polar surface area (TPSA) is 83.8 Å². The number of carbonyl (C=O) groups excluding carboxylic acids is 1. The van der Waals surface area contributed by atoms with Crippen LogP contribution in [-0.2, 0) is 0 Å². The van der Waals surface area contributed by atoms with Crippen LogP contribution in [0.3, 0.4) is 0 Å². The van der Waals surface area contributed by atoms with Crippen molar-refractivity contribution in [2.24, 2.45) is 5.10 Å². The minimum Gasteiger partial charge on any atom is -0.504 e. The number of amides is 1. The third kappa shape index (κ3) is 3.79. The number of methoxy groups -OCH3 is 1. The maximum atomic E-state index is 11.8. The summed E-state index contributed by atoms with van der Waals surface area (Å²) < 4.78 is 5.68. The number of hydrazone groups is 1. The number of hydrogen-bond donors (Lipinski definition) is 2. The molecule has 0 aliphatic rings. The molecule has 2 aromatic rings. The molecule has 0 aliphatic heterocycles. The van der Waals surface area contributed by atoms with Crippen molar-refractivity contribution in [1.82, 2.24) is 10.4 Å². The smallest absolute Gasteiger partial charge is 0.272 e. The van der Waals surface area contributed by atoms with Crippen molar-refractivity contribution >= 4 is 28.1 Å². The number of nitrogens with one attached hydrogen (secondary N) is 1. The second-order valence-electron chi connectivity index (χ2n) is 3.99. The van der Waals surface area contributed by atoms with Crippen molar-refractivity contribution in [2.75, 3.05) is 7.11 Å². The van der Waals surface area contributed by atoms with Gasteiger partial charge in [0, 0.05) is 22.4 Å². The highest BCUT2D eigenvalue weighted by molar-refractivity contribution is 9.10. The monoisotopic (exact) mass is 349 g/mol. The highest BCUT2D eigenvalue weighted by Crippen LogP contribution is 2.27. The molecule has 0 unspecified atom stereocenters. The molecular formula is C14H12BrN3O3. The number of para-hydroxylation sites is 1. The van der Waals surface area contributed by atoms with E-state index in [0.717, 1.165) is 0 Å². The first kappa shape index (κ1) is 15.0. The third-order valence-electron chi connectivity index (χ3n) is 2.59. The Morgan fingerprint density at radius 1 is 1.48 bits per heavy atom. The molecule has 1 aromatic carbocycles. The van der Waals surface area contributed by atoms with Gasteiger partial charge in [-0.1, -0.05) is 6.07 Å². The van der Waals surface area contributed by atoms with Gasteiger partial charge in [-0.3, -0.25) is 9.78 Å². The number of nitrogens with zero attached hydrogens (tertiary/aromatic N) is 2. The zero-order valence-electron chi connectivity index (χ0n) is 11.1. The number of rotatable bonds is 4.